The number of aromatic nitrogens is 1. The molecular weight excluding hydrogens is 400 g/mol. The molecule has 4 rings (SSSR count). The number of rotatable bonds is 5. The number of hydrogen-bond donors (Lipinski definition) is 1. The first-order valence-corrected chi connectivity index (χ1v) is 10.7. The zero-order valence-electron chi connectivity index (χ0n) is 16.8. The Labute approximate surface area is 178 Å². The zero-order chi connectivity index (χ0) is 21.1. The Balaban J connectivity index is 1.41. The first kappa shape index (κ1) is 20.1. The van der Waals surface area contributed by atoms with Gasteiger partial charge in [-0.3, -0.25) is 9.78 Å². The minimum atomic E-state index is -0.927. The zero-order valence-corrected chi connectivity index (χ0v) is 17.6. The minimum Gasteiger partial charge on any atom is -0.493 e. The van der Waals surface area contributed by atoms with Gasteiger partial charge in [0, 0.05) is 12.0 Å². The van der Waals surface area contributed by atoms with Crippen LogP contribution in [0.15, 0.2) is 53.9 Å². The van der Waals surface area contributed by atoms with Crippen LogP contribution < -0.4 is 10.1 Å². The van der Waals surface area contributed by atoms with Crippen LogP contribution in [0.4, 0.5) is 0 Å². The SMILES string of the molecule is Cc1nc(-c2cccs2)ccc1C(=O)OC(C)C(=O)NC1CCOc2ccccc21. The molecule has 0 bridgehead atoms. The van der Waals surface area contributed by atoms with Gasteiger partial charge in [-0.2, -0.15) is 0 Å². The van der Waals surface area contributed by atoms with Gasteiger partial charge in [-0.1, -0.05) is 24.3 Å². The van der Waals surface area contributed by atoms with E-state index in [0.29, 0.717) is 24.3 Å². The van der Waals surface area contributed by atoms with Crippen molar-refractivity contribution in [1.29, 1.82) is 0 Å². The van der Waals surface area contributed by atoms with E-state index in [-0.39, 0.29) is 11.9 Å². The highest BCUT2D eigenvalue weighted by molar-refractivity contribution is 7.13. The van der Waals surface area contributed by atoms with E-state index in [1.54, 1.807) is 37.3 Å². The third-order valence-corrected chi connectivity index (χ3v) is 5.90. The van der Waals surface area contributed by atoms with Crippen molar-refractivity contribution in [3.8, 4) is 16.3 Å². The molecular formula is C23H22N2O4S. The maximum absolute atomic E-state index is 12.6. The molecule has 2 unspecified atom stereocenters. The molecule has 0 spiro atoms. The molecule has 6 nitrogen and oxygen atoms in total. The fourth-order valence-corrected chi connectivity index (χ4v) is 4.09. The van der Waals surface area contributed by atoms with Gasteiger partial charge >= 0.3 is 5.97 Å². The molecule has 1 aromatic carbocycles. The number of para-hydroxylation sites is 1. The fourth-order valence-electron chi connectivity index (χ4n) is 3.40. The van der Waals surface area contributed by atoms with Crippen LogP contribution in [-0.2, 0) is 9.53 Å². The molecule has 7 heteroatoms. The second-order valence-corrected chi connectivity index (χ2v) is 8.04. The largest absolute Gasteiger partial charge is 0.493 e. The Kier molecular flexibility index (Phi) is 5.81. The summed E-state index contributed by atoms with van der Waals surface area (Å²) in [5.41, 5.74) is 2.66. The first-order valence-electron chi connectivity index (χ1n) is 9.77. The van der Waals surface area contributed by atoms with E-state index in [4.69, 9.17) is 9.47 Å². The van der Waals surface area contributed by atoms with Crippen molar-refractivity contribution < 1.29 is 19.1 Å². The van der Waals surface area contributed by atoms with E-state index in [1.165, 1.54) is 0 Å². The number of nitrogens with zero attached hydrogens (tertiary/aromatic N) is 1. The Morgan fingerprint density at radius 1 is 1.20 bits per heavy atom. The second-order valence-electron chi connectivity index (χ2n) is 7.09. The average molecular weight is 423 g/mol. The summed E-state index contributed by atoms with van der Waals surface area (Å²) in [7, 11) is 0. The molecule has 1 aliphatic rings. The number of fused-ring (bicyclic) bond motifs is 1. The number of hydrogen-bond acceptors (Lipinski definition) is 6. The number of amides is 1. The number of thiophene rings is 1. The molecule has 3 heterocycles. The predicted octanol–water partition coefficient (Wildman–Crippen LogP) is 4.30. The van der Waals surface area contributed by atoms with Crippen LogP contribution in [0.1, 0.15) is 41.0 Å². The molecule has 0 saturated heterocycles. The highest BCUT2D eigenvalue weighted by Gasteiger charge is 2.27. The van der Waals surface area contributed by atoms with Gasteiger partial charge in [0.05, 0.1) is 34.5 Å². The summed E-state index contributed by atoms with van der Waals surface area (Å²) in [6.07, 6.45) is -0.264. The Bertz CT molecular complexity index is 1060. The van der Waals surface area contributed by atoms with Gasteiger partial charge in [-0.25, -0.2) is 4.79 Å². The number of esters is 1. The maximum Gasteiger partial charge on any atom is 0.340 e. The summed E-state index contributed by atoms with van der Waals surface area (Å²) in [5, 5.41) is 4.94. The molecule has 1 N–H and O–H groups in total. The van der Waals surface area contributed by atoms with E-state index in [9.17, 15) is 9.59 Å². The summed E-state index contributed by atoms with van der Waals surface area (Å²) in [5.74, 6) is -0.134. The van der Waals surface area contributed by atoms with Crippen molar-refractivity contribution in [3.63, 3.8) is 0 Å². The topological polar surface area (TPSA) is 77.5 Å². The number of ether oxygens (including phenoxy) is 2. The summed E-state index contributed by atoms with van der Waals surface area (Å²) < 4.78 is 11.0. The second kappa shape index (κ2) is 8.67. The lowest BCUT2D eigenvalue weighted by Crippen LogP contribution is -2.39. The summed E-state index contributed by atoms with van der Waals surface area (Å²) >= 11 is 1.58. The van der Waals surface area contributed by atoms with E-state index >= 15 is 0 Å². The monoisotopic (exact) mass is 422 g/mol. The summed E-state index contributed by atoms with van der Waals surface area (Å²) in [6, 6.07) is 14.9. The van der Waals surface area contributed by atoms with Gasteiger partial charge < -0.3 is 14.8 Å². The molecule has 0 radical (unpaired) electrons. The van der Waals surface area contributed by atoms with Crippen LogP contribution in [0.3, 0.4) is 0 Å². The van der Waals surface area contributed by atoms with Crippen molar-refractivity contribution in [2.24, 2.45) is 0 Å². The number of benzene rings is 1. The van der Waals surface area contributed by atoms with E-state index in [0.717, 1.165) is 21.9 Å². The van der Waals surface area contributed by atoms with Crippen LogP contribution in [0.2, 0.25) is 0 Å². The molecule has 3 aromatic rings. The van der Waals surface area contributed by atoms with Crippen LogP contribution in [0.5, 0.6) is 5.75 Å². The number of nitrogens with one attached hydrogen (secondary N) is 1. The molecule has 1 amide bonds. The first-order chi connectivity index (χ1) is 14.5. The lowest BCUT2D eigenvalue weighted by Gasteiger charge is -2.27. The third kappa shape index (κ3) is 4.21. The Hall–Kier alpha value is -3.19. The summed E-state index contributed by atoms with van der Waals surface area (Å²) in [4.78, 5) is 30.8. The van der Waals surface area contributed by atoms with Gasteiger partial charge in [-0.05, 0) is 43.5 Å². The van der Waals surface area contributed by atoms with Gasteiger partial charge in [0.1, 0.15) is 5.75 Å². The smallest absolute Gasteiger partial charge is 0.340 e. The van der Waals surface area contributed by atoms with Crippen molar-refractivity contribution >= 4 is 23.2 Å². The number of carbonyl (C=O) groups is 2. The van der Waals surface area contributed by atoms with Crippen LogP contribution in [0, 0.1) is 6.92 Å². The van der Waals surface area contributed by atoms with Crippen LogP contribution in [-0.4, -0.2) is 29.6 Å². The predicted molar refractivity (Wildman–Crippen MR) is 115 cm³/mol. The number of carbonyl (C=O) groups excluding carboxylic acids is 2. The standard InChI is InChI=1S/C23H22N2O4S/c1-14-16(9-10-19(24-14)21-8-5-13-30-21)23(27)29-15(2)22(26)25-18-11-12-28-20-7-4-3-6-17(18)20/h3-10,13,15,18H,11-12H2,1-2H3,(H,25,26). The van der Waals surface area contributed by atoms with E-state index in [1.807, 2.05) is 41.8 Å². The lowest BCUT2D eigenvalue weighted by atomic mass is 10.0. The highest BCUT2D eigenvalue weighted by Crippen LogP contribution is 2.31. The van der Waals surface area contributed by atoms with Crippen molar-refractivity contribution in [2.45, 2.75) is 32.4 Å². The van der Waals surface area contributed by atoms with Crippen molar-refractivity contribution in [1.82, 2.24) is 10.3 Å². The summed E-state index contributed by atoms with van der Waals surface area (Å²) in [6.45, 7) is 3.86. The number of aryl methyl sites for hydroxylation is 1. The van der Waals surface area contributed by atoms with Crippen LogP contribution >= 0.6 is 11.3 Å². The third-order valence-electron chi connectivity index (χ3n) is 5.01. The molecule has 0 fully saturated rings. The number of pyridine rings is 1. The fraction of sp³-hybridized carbons (Fsp3) is 0.261. The van der Waals surface area contributed by atoms with Gasteiger partial charge in [-0.15, -0.1) is 11.3 Å². The Morgan fingerprint density at radius 3 is 2.80 bits per heavy atom. The van der Waals surface area contributed by atoms with E-state index < -0.39 is 12.1 Å². The van der Waals surface area contributed by atoms with E-state index in [2.05, 4.69) is 10.3 Å². The molecule has 154 valence electrons. The van der Waals surface area contributed by atoms with Crippen molar-refractivity contribution in [3.05, 3.63) is 70.7 Å². The molecule has 0 aliphatic carbocycles. The Morgan fingerprint density at radius 2 is 2.03 bits per heavy atom. The van der Waals surface area contributed by atoms with Gasteiger partial charge in [0.25, 0.3) is 5.91 Å². The quantitative estimate of drug-likeness (QED) is 0.620. The van der Waals surface area contributed by atoms with Crippen LogP contribution in [0.25, 0.3) is 10.6 Å². The van der Waals surface area contributed by atoms with Gasteiger partial charge in [0.2, 0.25) is 0 Å². The molecule has 0 saturated carbocycles. The average Bonchev–Trinajstić information content (AvgIpc) is 3.28. The molecule has 2 atom stereocenters. The van der Waals surface area contributed by atoms with Gasteiger partial charge in [0.15, 0.2) is 6.10 Å². The van der Waals surface area contributed by atoms with Crippen molar-refractivity contribution in [2.75, 3.05) is 6.61 Å². The normalized spacial score (nSPS) is 16.1. The minimum absolute atomic E-state index is 0.169. The highest BCUT2D eigenvalue weighted by atomic mass is 32.1. The molecule has 1 aliphatic heterocycles. The lowest BCUT2D eigenvalue weighted by molar-refractivity contribution is -0.130. The molecule has 30 heavy (non-hydrogen) atoms. The maximum atomic E-state index is 12.6. The molecule has 2 aromatic heterocycles.